The third kappa shape index (κ3) is 5.51. The fourth-order valence-electron chi connectivity index (χ4n) is 3.62. The zero-order chi connectivity index (χ0) is 25.0. The van der Waals surface area contributed by atoms with Gasteiger partial charge in [0.05, 0.1) is 30.1 Å². The van der Waals surface area contributed by atoms with E-state index in [4.69, 9.17) is 9.47 Å². The number of carbonyl (C=O) groups is 1. The molecule has 0 atom stereocenters. The molecule has 9 heteroatoms. The molecule has 3 aromatic carbocycles. The molecule has 0 spiro atoms. The molecule has 6 nitrogen and oxygen atoms in total. The van der Waals surface area contributed by atoms with Crippen molar-refractivity contribution in [3.05, 3.63) is 100.0 Å². The number of esters is 1. The van der Waals surface area contributed by atoms with E-state index in [0.29, 0.717) is 22.5 Å². The van der Waals surface area contributed by atoms with Crippen LogP contribution in [0.4, 0.5) is 13.2 Å². The van der Waals surface area contributed by atoms with Crippen LogP contribution in [0.15, 0.2) is 77.6 Å². The fourth-order valence-corrected chi connectivity index (χ4v) is 3.62. The second-order valence-corrected chi connectivity index (χ2v) is 7.74. The first-order valence-electron chi connectivity index (χ1n) is 10.7. The number of ether oxygens (including phenoxy) is 2. The highest BCUT2D eigenvalue weighted by Crippen LogP contribution is 2.29. The van der Waals surface area contributed by atoms with Gasteiger partial charge in [0.2, 0.25) is 0 Å². The first kappa shape index (κ1) is 24.0. The summed E-state index contributed by atoms with van der Waals surface area (Å²) in [4.78, 5) is 30.0. The lowest BCUT2D eigenvalue weighted by atomic mass is 10.1. The number of hydrogen-bond acceptors (Lipinski definition) is 5. The molecule has 0 unspecified atom stereocenters. The first-order valence-corrected chi connectivity index (χ1v) is 10.7. The summed E-state index contributed by atoms with van der Waals surface area (Å²) in [6.45, 7) is -0.302. The number of nitrogens with zero attached hydrogens (tertiary/aromatic N) is 2. The molecule has 0 aliphatic rings. The topological polar surface area (TPSA) is 70.4 Å². The van der Waals surface area contributed by atoms with Gasteiger partial charge in [0, 0.05) is 12.1 Å². The van der Waals surface area contributed by atoms with Crippen molar-refractivity contribution in [2.45, 2.75) is 25.6 Å². The molecule has 0 saturated carbocycles. The van der Waals surface area contributed by atoms with Crippen LogP contribution in [-0.2, 0) is 28.7 Å². The monoisotopic (exact) mass is 482 g/mol. The van der Waals surface area contributed by atoms with Crippen LogP contribution in [0.1, 0.15) is 23.2 Å². The van der Waals surface area contributed by atoms with Gasteiger partial charge in [-0.2, -0.15) is 13.2 Å². The summed E-state index contributed by atoms with van der Waals surface area (Å²) in [5.74, 6) is -0.00309. The van der Waals surface area contributed by atoms with E-state index >= 15 is 0 Å². The number of rotatable bonds is 7. The number of halogens is 3. The van der Waals surface area contributed by atoms with Gasteiger partial charge in [0.25, 0.3) is 5.56 Å². The summed E-state index contributed by atoms with van der Waals surface area (Å²) in [5.41, 5.74) is 1.01. The van der Waals surface area contributed by atoms with Crippen LogP contribution >= 0.6 is 0 Å². The normalized spacial score (nSPS) is 11.4. The number of methoxy groups -OCH3 is 1. The molecule has 0 amide bonds. The molecule has 4 aromatic rings. The van der Waals surface area contributed by atoms with Gasteiger partial charge in [-0.3, -0.25) is 14.2 Å². The molecule has 180 valence electrons. The highest BCUT2D eigenvalue weighted by atomic mass is 19.4. The first-order chi connectivity index (χ1) is 16.8. The lowest BCUT2D eigenvalue weighted by Crippen LogP contribution is -2.25. The summed E-state index contributed by atoms with van der Waals surface area (Å²) >= 11 is 0. The molecule has 0 aliphatic carbocycles. The largest absolute Gasteiger partial charge is 0.497 e. The maximum Gasteiger partial charge on any atom is 0.416 e. The van der Waals surface area contributed by atoms with Gasteiger partial charge < -0.3 is 9.47 Å². The van der Waals surface area contributed by atoms with Crippen molar-refractivity contribution < 1.29 is 27.4 Å². The second-order valence-electron chi connectivity index (χ2n) is 7.74. The van der Waals surface area contributed by atoms with Gasteiger partial charge in [0.1, 0.15) is 18.1 Å². The minimum absolute atomic E-state index is 0.0151. The van der Waals surface area contributed by atoms with Crippen LogP contribution in [0.2, 0.25) is 0 Å². The molecular formula is C26H21F3N2O4. The Labute approximate surface area is 198 Å². The Kier molecular flexibility index (Phi) is 6.86. The Morgan fingerprint density at radius 1 is 1.00 bits per heavy atom. The molecule has 35 heavy (non-hydrogen) atoms. The van der Waals surface area contributed by atoms with Crippen molar-refractivity contribution in [3.8, 4) is 11.4 Å². The molecule has 1 aromatic heterocycles. The Balaban J connectivity index is 1.52. The lowest BCUT2D eigenvalue weighted by molar-refractivity contribution is -0.144. The molecule has 4 rings (SSSR count). The van der Waals surface area contributed by atoms with E-state index in [1.165, 1.54) is 16.7 Å². The van der Waals surface area contributed by atoms with Gasteiger partial charge in [-0.15, -0.1) is 0 Å². The number of fused-ring (bicyclic) bond motifs is 1. The summed E-state index contributed by atoms with van der Waals surface area (Å²) in [6.07, 6.45) is -4.62. The highest BCUT2D eigenvalue weighted by Gasteiger charge is 2.30. The minimum Gasteiger partial charge on any atom is -0.497 e. The summed E-state index contributed by atoms with van der Waals surface area (Å²) in [7, 11) is 1.55. The van der Waals surface area contributed by atoms with Crippen molar-refractivity contribution in [2.24, 2.45) is 0 Å². The van der Waals surface area contributed by atoms with Crippen molar-refractivity contribution in [3.63, 3.8) is 0 Å². The number of carbonyl (C=O) groups excluding carboxylic acids is 1. The third-order valence-electron chi connectivity index (χ3n) is 5.38. The molecular weight excluding hydrogens is 461 g/mol. The Bertz CT molecular complexity index is 1410. The Morgan fingerprint density at radius 2 is 1.74 bits per heavy atom. The van der Waals surface area contributed by atoms with Crippen LogP contribution in [-0.4, -0.2) is 22.6 Å². The van der Waals surface area contributed by atoms with Crippen LogP contribution in [0.25, 0.3) is 16.7 Å². The summed E-state index contributed by atoms with van der Waals surface area (Å²) in [6, 6.07) is 18.7. The van der Waals surface area contributed by atoms with E-state index in [9.17, 15) is 22.8 Å². The van der Waals surface area contributed by atoms with Crippen molar-refractivity contribution in [2.75, 3.05) is 7.11 Å². The average molecular weight is 482 g/mol. The third-order valence-corrected chi connectivity index (χ3v) is 5.38. The number of hydrogen-bond donors (Lipinski definition) is 0. The molecule has 0 saturated heterocycles. The number of benzene rings is 3. The van der Waals surface area contributed by atoms with E-state index in [-0.39, 0.29) is 36.3 Å². The van der Waals surface area contributed by atoms with Crippen molar-refractivity contribution in [1.29, 1.82) is 0 Å². The SMILES string of the molecule is COc1ccc(-n2c(=O)c(CCC(=O)OCc3cccc(C(F)(F)F)c3)nc3ccccc32)cc1. The number of para-hydroxylation sites is 2. The maximum absolute atomic E-state index is 13.3. The van der Waals surface area contributed by atoms with E-state index in [1.54, 1.807) is 55.6 Å². The smallest absolute Gasteiger partial charge is 0.416 e. The van der Waals surface area contributed by atoms with Gasteiger partial charge in [-0.1, -0.05) is 24.3 Å². The van der Waals surface area contributed by atoms with Gasteiger partial charge >= 0.3 is 12.1 Å². The van der Waals surface area contributed by atoms with E-state index < -0.39 is 17.7 Å². The molecule has 0 bridgehead atoms. The standard InChI is InChI=1S/C26H21F3N2O4/c1-34-20-11-9-19(10-12-20)31-23-8-3-2-7-21(23)30-22(25(31)33)13-14-24(32)35-16-17-5-4-6-18(15-17)26(27,28)29/h2-12,15H,13-14,16H2,1H3. The Hall–Kier alpha value is -4.14. The van der Waals surface area contributed by atoms with Gasteiger partial charge in [-0.25, -0.2) is 4.98 Å². The average Bonchev–Trinajstić information content (AvgIpc) is 2.86. The summed E-state index contributed by atoms with van der Waals surface area (Å²) < 4.78 is 50.4. The lowest BCUT2D eigenvalue weighted by Gasteiger charge is -2.13. The Morgan fingerprint density at radius 3 is 2.46 bits per heavy atom. The quantitative estimate of drug-likeness (QED) is 0.343. The van der Waals surface area contributed by atoms with Crippen molar-refractivity contribution >= 4 is 17.0 Å². The van der Waals surface area contributed by atoms with E-state index in [0.717, 1.165) is 12.1 Å². The van der Waals surface area contributed by atoms with Crippen molar-refractivity contribution in [1.82, 2.24) is 9.55 Å². The van der Waals surface area contributed by atoms with Crippen LogP contribution in [0.3, 0.4) is 0 Å². The number of alkyl halides is 3. The molecule has 0 radical (unpaired) electrons. The number of aryl methyl sites for hydroxylation is 1. The zero-order valence-corrected chi connectivity index (χ0v) is 18.7. The molecule has 0 N–H and O–H groups in total. The molecule has 1 heterocycles. The molecule has 0 aliphatic heterocycles. The van der Waals surface area contributed by atoms with Crippen LogP contribution < -0.4 is 10.3 Å². The van der Waals surface area contributed by atoms with Crippen LogP contribution in [0, 0.1) is 0 Å². The van der Waals surface area contributed by atoms with Crippen LogP contribution in [0.5, 0.6) is 5.75 Å². The zero-order valence-electron chi connectivity index (χ0n) is 18.7. The summed E-state index contributed by atoms with van der Waals surface area (Å²) in [5, 5.41) is 0. The molecule has 0 fully saturated rings. The minimum atomic E-state index is -4.48. The predicted octanol–water partition coefficient (Wildman–Crippen LogP) is 5.09. The predicted molar refractivity (Wildman–Crippen MR) is 123 cm³/mol. The van der Waals surface area contributed by atoms with Gasteiger partial charge in [-0.05, 0) is 54.1 Å². The number of aromatic nitrogens is 2. The van der Waals surface area contributed by atoms with E-state index in [2.05, 4.69) is 4.98 Å². The fraction of sp³-hybridized carbons (Fsp3) is 0.192. The maximum atomic E-state index is 13.3. The van der Waals surface area contributed by atoms with Gasteiger partial charge in [0.15, 0.2) is 0 Å². The highest BCUT2D eigenvalue weighted by molar-refractivity contribution is 5.77. The second kappa shape index (κ2) is 10.0. The van der Waals surface area contributed by atoms with E-state index in [1.807, 2.05) is 0 Å².